The number of imidazole rings is 1. The molecule has 0 saturated heterocycles. The molecule has 0 N–H and O–H groups in total. The minimum atomic E-state index is 0.528. The first-order valence-corrected chi connectivity index (χ1v) is 6.64. The van der Waals surface area contributed by atoms with E-state index in [2.05, 4.69) is 25.9 Å². The van der Waals surface area contributed by atoms with Gasteiger partial charge in [0.05, 0.1) is 11.8 Å². The van der Waals surface area contributed by atoms with E-state index in [1.165, 1.54) is 0 Å². The van der Waals surface area contributed by atoms with Crippen molar-refractivity contribution in [3.8, 4) is 11.6 Å². The molecular formula is C14H12BrN3O. The Morgan fingerprint density at radius 3 is 2.84 bits per heavy atom. The Labute approximate surface area is 119 Å². The van der Waals surface area contributed by atoms with Crippen LogP contribution >= 0.6 is 15.9 Å². The second-order valence-corrected chi connectivity index (χ2v) is 5.21. The Kier molecular flexibility index (Phi) is 2.98. The summed E-state index contributed by atoms with van der Waals surface area (Å²) in [5, 5.41) is 0. The van der Waals surface area contributed by atoms with Crippen LogP contribution in [0.3, 0.4) is 0 Å². The summed E-state index contributed by atoms with van der Waals surface area (Å²) in [7, 11) is 1.95. The molecule has 2 aromatic heterocycles. The zero-order valence-electron chi connectivity index (χ0n) is 10.6. The van der Waals surface area contributed by atoms with Crippen LogP contribution in [0.4, 0.5) is 0 Å². The number of ether oxygens (including phenoxy) is 1. The molecule has 3 rings (SSSR count). The molecular weight excluding hydrogens is 306 g/mol. The van der Waals surface area contributed by atoms with Crippen molar-refractivity contribution in [2.75, 3.05) is 0 Å². The molecule has 5 heteroatoms. The summed E-state index contributed by atoms with van der Waals surface area (Å²) in [5.41, 5.74) is 2.88. The maximum Gasteiger partial charge on any atom is 0.247 e. The minimum absolute atomic E-state index is 0.528. The van der Waals surface area contributed by atoms with E-state index >= 15 is 0 Å². The van der Waals surface area contributed by atoms with Crippen molar-refractivity contribution in [1.29, 1.82) is 0 Å². The van der Waals surface area contributed by atoms with E-state index in [-0.39, 0.29) is 0 Å². The van der Waals surface area contributed by atoms with Crippen molar-refractivity contribution in [2.24, 2.45) is 7.05 Å². The van der Waals surface area contributed by atoms with Crippen LogP contribution in [0, 0.1) is 6.92 Å². The molecule has 0 atom stereocenters. The number of pyridine rings is 1. The average molecular weight is 318 g/mol. The molecule has 0 unspecified atom stereocenters. The van der Waals surface area contributed by atoms with E-state index in [0.29, 0.717) is 5.88 Å². The smallest absolute Gasteiger partial charge is 0.247 e. The number of fused-ring (bicyclic) bond motifs is 1. The molecule has 4 nitrogen and oxygen atoms in total. The molecule has 0 aliphatic rings. The Morgan fingerprint density at radius 2 is 2.05 bits per heavy atom. The largest absolute Gasteiger partial charge is 0.437 e. The number of rotatable bonds is 2. The number of benzene rings is 1. The summed E-state index contributed by atoms with van der Waals surface area (Å²) in [4.78, 5) is 8.58. The molecule has 0 aliphatic heterocycles. The van der Waals surface area contributed by atoms with Crippen molar-refractivity contribution in [3.05, 3.63) is 46.8 Å². The highest BCUT2D eigenvalue weighted by Crippen LogP contribution is 2.28. The van der Waals surface area contributed by atoms with Crippen LogP contribution in [0.5, 0.6) is 11.6 Å². The predicted molar refractivity (Wildman–Crippen MR) is 77.5 cm³/mol. The third-order valence-electron chi connectivity index (χ3n) is 2.95. The van der Waals surface area contributed by atoms with E-state index < -0.39 is 0 Å². The molecule has 0 bridgehead atoms. The van der Waals surface area contributed by atoms with E-state index in [4.69, 9.17) is 4.74 Å². The topological polar surface area (TPSA) is 39.9 Å². The minimum Gasteiger partial charge on any atom is -0.437 e. The lowest BCUT2D eigenvalue weighted by molar-refractivity contribution is 0.467. The fourth-order valence-corrected chi connectivity index (χ4v) is 2.15. The Balaban J connectivity index is 2.03. The summed E-state index contributed by atoms with van der Waals surface area (Å²) in [5.74, 6) is 1.28. The molecule has 19 heavy (non-hydrogen) atoms. The fourth-order valence-electron chi connectivity index (χ4n) is 1.90. The Bertz CT molecular complexity index is 752. The van der Waals surface area contributed by atoms with Crippen LogP contribution in [0.1, 0.15) is 5.56 Å². The van der Waals surface area contributed by atoms with E-state index in [0.717, 1.165) is 26.8 Å². The quantitative estimate of drug-likeness (QED) is 0.721. The number of nitrogens with zero attached hydrogens (tertiary/aromatic N) is 3. The van der Waals surface area contributed by atoms with Gasteiger partial charge in [-0.1, -0.05) is 15.9 Å². The van der Waals surface area contributed by atoms with Crippen LogP contribution in [-0.4, -0.2) is 14.5 Å². The van der Waals surface area contributed by atoms with Crippen LogP contribution in [0.2, 0.25) is 0 Å². The van der Waals surface area contributed by atoms with Gasteiger partial charge in [0, 0.05) is 17.7 Å². The van der Waals surface area contributed by atoms with Crippen molar-refractivity contribution < 1.29 is 4.74 Å². The second-order valence-electron chi connectivity index (χ2n) is 4.35. The van der Waals surface area contributed by atoms with Gasteiger partial charge in [-0.2, -0.15) is 0 Å². The molecule has 0 spiro atoms. The average Bonchev–Trinajstić information content (AvgIpc) is 2.77. The molecule has 0 aliphatic carbocycles. The van der Waals surface area contributed by atoms with Crippen LogP contribution in [0.25, 0.3) is 11.0 Å². The Hall–Kier alpha value is -1.88. The van der Waals surface area contributed by atoms with E-state index in [1.807, 2.05) is 42.8 Å². The van der Waals surface area contributed by atoms with E-state index in [9.17, 15) is 0 Å². The molecule has 2 heterocycles. The van der Waals surface area contributed by atoms with Crippen molar-refractivity contribution >= 4 is 27.0 Å². The molecule has 0 saturated carbocycles. The highest BCUT2D eigenvalue weighted by Gasteiger charge is 2.09. The molecule has 0 fully saturated rings. The lowest BCUT2D eigenvalue weighted by Crippen LogP contribution is -1.91. The molecule has 1 aromatic carbocycles. The van der Waals surface area contributed by atoms with Gasteiger partial charge in [0.25, 0.3) is 0 Å². The summed E-state index contributed by atoms with van der Waals surface area (Å²) in [6.45, 7) is 2.02. The van der Waals surface area contributed by atoms with Gasteiger partial charge >= 0.3 is 0 Å². The van der Waals surface area contributed by atoms with Gasteiger partial charge in [-0.25, -0.2) is 9.97 Å². The third kappa shape index (κ3) is 2.21. The van der Waals surface area contributed by atoms with Gasteiger partial charge in [0.1, 0.15) is 5.75 Å². The maximum atomic E-state index is 5.83. The molecule has 0 amide bonds. The molecule has 96 valence electrons. The standard InChI is InChI=1S/C14H12BrN3O/c1-9-7-10(3-4-11(9)15)19-14-13-12(5-6-16-14)18(2)8-17-13/h3-8H,1-2H3. The molecule has 0 radical (unpaired) electrons. The zero-order chi connectivity index (χ0) is 13.4. The lowest BCUT2D eigenvalue weighted by Gasteiger charge is -2.07. The summed E-state index contributed by atoms with van der Waals surface area (Å²) in [6.07, 6.45) is 3.48. The van der Waals surface area contributed by atoms with Gasteiger partial charge in [0.15, 0.2) is 5.52 Å². The fraction of sp³-hybridized carbons (Fsp3) is 0.143. The number of aromatic nitrogens is 3. The highest BCUT2D eigenvalue weighted by atomic mass is 79.9. The normalized spacial score (nSPS) is 10.9. The Morgan fingerprint density at radius 1 is 1.21 bits per heavy atom. The first-order chi connectivity index (χ1) is 9.15. The van der Waals surface area contributed by atoms with Gasteiger partial charge < -0.3 is 9.30 Å². The SMILES string of the molecule is Cc1cc(Oc2nccc3c2ncn3C)ccc1Br. The number of halogens is 1. The molecule has 3 aromatic rings. The highest BCUT2D eigenvalue weighted by molar-refractivity contribution is 9.10. The number of aryl methyl sites for hydroxylation is 2. The van der Waals surface area contributed by atoms with Crippen LogP contribution in [-0.2, 0) is 7.05 Å². The second kappa shape index (κ2) is 4.66. The summed E-state index contributed by atoms with van der Waals surface area (Å²) in [6, 6.07) is 7.75. The van der Waals surface area contributed by atoms with Crippen molar-refractivity contribution in [3.63, 3.8) is 0 Å². The first kappa shape index (κ1) is 12.2. The third-order valence-corrected chi connectivity index (χ3v) is 3.84. The number of hydrogen-bond acceptors (Lipinski definition) is 3. The van der Waals surface area contributed by atoms with Crippen molar-refractivity contribution in [1.82, 2.24) is 14.5 Å². The van der Waals surface area contributed by atoms with E-state index in [1.54, 1.807) is 12.5 Å². The van der Waals surface area contributed by atoms with Crippen LogP contribution < -0.4 is 4.74 Å². The number of hydrogen-bond donors (Lipinski definition) is 0. The lowest BCUT2D eigenvalue weighted by atomic mass is 10.2. The zero-order valence-corrected chi connectivity index (χ0v) is 12.2. The summed E-state index contributed by atoms with van der Waals surface area (Å²) < 4.78 is 8.83. The van der Waals surface area contributed by atoms with Gasteiger partial charge in [-0.05, 0) is 36.8 Å². The van der Waals surface area contributed by atoms with Gasteiger partial charge in [-0.3, -0.25) is 0 Å². The summed E-state index contributed by atoms with van der Waals surface area (Å²) >= 11 is 3.47. The van der Waals surface area contributed by atoms with Gasteiger partial charge in [-0.15, -0.1) is 0 Å². The van der Waals surface area contributed by atoms with Crippen LogP contribution in [0.15, 0.2) is 41.3 Å². The van der Waals surface area contributed by atoms with Gasteiger partial charge in [0.2, 0.25) is 5.88 Å². The maximum absolute atomic E-state index is 5.83. The van der Waals surface area contributed by atoms with Crippen molar-refractivity contribution in [2.45, 2.75) is 6.92 Å². The predicted octanol–water partition coefficient (Wildman–Crippen LogP) is 3.83. The monoisotopic (exact) mass is 317 g/mol. The first-order valence-electron chi connectivity index (χ1n) is 5.85.